The molecule has 0 radical (unpaired) electrons. The van der Waals surface area contributed by atoms with Crippen molar-refractivity contribution in [2.24, 2.45) is 5.92 Å². The molecule has 0 bridgehead atoms. The molecule has 2 aromatic rings. The van der Waals surface area contributed by atoms with Gasteiger partial charge < -0.3 is 14.6 Å². The van der Waals surface area contributed by atoms with Crippen LogP contribution in [0.1, 0.15) is 32.6 Å². The van der Waals surface area contributed by atoms with Gasteiger partial charge in [-0.15, -0.1) is 0 Å². The number of piperidine rings is 1. The molecule has 1 aliphatic rings. The van der Waals surface area contributed by atoms with Crippen LogP contribution in [-0.4, -0.2) is 41.7 Å². The van der Waals surface area contributed by atoms with Crippen molar-refractivity contribution in [3.8, 4) is 17.2 Å². The lowest BCUT2D eigenvalue weighted by Gasteiger charge is -2.38. The number of nitrogens with zero attached hydrogens (tertiary/aromatic N) is 1. The van der Waals surface area contributed by atoms with Gasteiger partial charge in [-0.1, -0.05) is 25.1 Å². The first-order chi connectivity index (χ1) is 13.6. The van der Waals surface area contributed by atoms with Crippen LogP contribution in [0.4, 0.5) is 0 Å². The predicted octanol–water partition coefficient (Wildman–Crippen LogP) is 4.82. The first kappa shape index (κ1) is 20.2. The highest BCUT2D eigenvalue weighted by Crippen LogP contribution is 2.27. The van der Waals surface area contributed by atoms with Crippen molar-refractivity contribution in [1.29, 1.82) is 0 Å². The van der Waals surface area contributed by atoms with Crippen molar-refractivity contribution >= 4 is 5.97 Å². The summed E-state index contributed by atoms with van der Waals surface area (Å²) in [5.41, 5.74) is 0. The zero-order chi connectivity index (χ0) is 19.8. The summed E-state index contributed by atoms with van der Waals surface area (Å²) in [6.07, 6.45) is 3.25. The molecule has 2 aromatic carbocycles. The summed E-state index contributed by atoms with van der Waals surface area (Å²) in [7, 11) is 0. The third kappa shape index (κ3) is 5.99. The summed E-state index contributed by atoms with van der Waals surface area (Å²) in [4.78, 5) is 13.4. The first-order valence-electron chi connectivity index (χ1n) is 10.1. The molecule has 0 saturated carbocycles. The zero-order valence-electron chi connectivity index (χ0n) is 16.4. The molecule has 0 aliphatic carbocycles. The lowest BCUT2D eigenvalue weighted by molar-refractivity contribution is -0.138. The number of likely N-dealkylation sites (tertiary alicyclic amines) is 1. The third-order valence-corrected chi connectivity index (χ3v) is 5.33. The SMILES string of the molecule is CCC1CC(CC(=O)O)CCN1CCOc1ccc(Oc2ccccc2)cc1. The number of hydrogen-bond acceptors (Lipinski definition) is 4. The van der Waals surface area contributed by atoms with Crippen LogP contribution in [0.3, 0.4) is 0 Å². The van der Waals surface area contributed by atoms with Gasteiger partial charge in [0.2, 0.25) is 0 Å². The van der Waals surface area contributed by atoms with Gasteiger partial charge in [0, 0.05) is 19.0 Å². The van der Waals surface area contributed by atoms with Crippen LogP contribution in [0.25, 0.3) is 0 Å². The molecule has 1 fully saturated rings. The molecule has 1 aliphatic heterocycles. The molecule has 1 heterocycles. The highest BCUT2D eigenvalue weighted by Gasteiger charge is 2.28. The van der Waals surface area contributed by atoms with E-state index in [9.17, 15) is 4.79 Å². The fraction of sp³-hybridized carbons (Fsp3) is 0.435. The summed E-state index contributed by atoms with van der Waals surface area (Å²) < 4.78 is 11.7. The molecule has 150 valence electrons. The monoisotopic (exact) mass is 383 g/mol. The van der Waals surface area contributed by atoms with Crippen molar-refractivity contribution in [3.05, 3.63) is 54.6 Å². The first-order valence-corrected chi connectivity index (χ1v) is 10.1. The molecule has 28 heavy (non-hydrogen) atoms. The highest BCUT2D eigenvalue weighted by molar-refractivity contribution is 5.67. The van der Waals surface area contributed by atoms with Gasteiger partial charge >= 0.3 is 5.97 Å². The maximum Gasteiger partial charge on any atom is 0.303 e. The number of para-hydroxylation sites is 1. The van der Waals surface area contributed by atoms with Gasteiger partial charge in [-0.05, 0) is 68.1 Å². The number of benzene rings is 2. The minimum atomic E-state index is -0.684. The molecular formula is C23H29NO4. The second kappa shape index (κ2) is 10.1. The molecule has 2 atom stereocenters. The second-order valence-corrected chi connectivity index (χ2v) is 7.32. The Morgan fingerprint density at radius 1 is 1.07 bits per heavy atom. The summed E-state index contributed by atoms with van der Waals surface area (Å²) in [6.45, 7) is 4.61. The van der Waals surface area contributed by atoms with E-state index in [1.165, 1.54) is 0 Å². The molecule has 3 rings (SSSR count). The van der Waals surface area contributed by atoms with Gasteiger partial charge in [-0.3, -0.25) is 9.69 Å². The number of ether oxygens (including phenoxy) is 2. The van der Waals surface area contributed by atoms with Crippen LogP contribution < -0.4 is 9.47 Å². The van der Waals surface area contributed by atoms with E-state index in [4.69, 9.17) is 14.6 Å². The van der Waals surface area contributed by atoms with Gasteiger partial charge in [0.15, 0.2) is 0 Å². The minimum absolute atomic E-state index is 0.290. The van der Waals surface area contributed by atoms with Gasteiger partial charge in [-0.25, -0.2) is 0 Å². The fourth-order valence-corrected chi connectivity index (χ4v) is 3.84. The van der Waals surface area contributed by atoms with Crippen LogP contribution in [0, 0.1) is 5.92 Å². The summed E-state index contributed by atoms with van der Waals surface area (Å²) in [5, 5.41) is 9.02. The standard InChI is InChI=1S/C23H29NO4/c1-2-19-16-18(17-23(25)26)12-13-24(19)14-15-27-20-8-10-22(11-9-20)28-21-6-4-3-5-7-21/h3-11,18-19H,2,12-17H2,1H3,(H,25,26). The largest absolute Gasteiger partial charge is 0.492 e. The highest BCUT2D eigenvalue weighted by atomic mass is 16.5. The lowest BCUT2D eigenvalue weighted by atomic mass is 9.87. The normalized spacial score (nSPS) is 19.9. The van der Waals surface area contributed by atoms with E-state index >= 15 is 0 Å². The van der Waals surface area contributed by atoms with E-state index in [1.807, 2.05) is 54.6 Å². The molecule has 1 saturated heterocycles. The molecule has 5 heteroatoms. The molecule has 0 spiro atoms. The predicted molar refractivity (Wildman–Crippen MR) is 109 cm³/mol. The van der Waals surface area contributed by atoms with E-state index in [2.05, 4.69) is 11.8 Å². The van der Waals surface area contributed by atoms with Crippen LogP contribution in [0.2, 0.25) is 0 Å². The Labute approximate surface area is 166 Å². The molecule has 1 N–H and O–H groups in total. The Morgan fingerprint density at radius 2 is 1.75 bits per heavy atom. The Bertz CT molecular complexity index is 732. The van der Waals surface area contributed by atoms with E-state index in [0.717, 1.165) is 49.6 Å². The smallest absolute Gasteiger partial charge is 0.303 e. The quantitative estimate of drug-likeness (QED) is 0.672. The van der Waals surface area contributed by atoms with Crippen molar-refractivity contribution in [3.63, 3.8) is 0 Å². The Morgan fingerprint density at radius 3 is 2.43 bits per heavy atom. The fourth-order valence-electron chi connectivity index (χ4n) is 3.84. The molecule has 0 amide bonds. The van der Waals surface area contributed by atoms with E-state index < -0.39 is 5.97 Å². The molecule has 5 nitrogen and oxygen atoms in total. The summed E-state index contributed by atoms with van der Waals surface area (Å²) in [6, 6.07) is 17.8. The van der Waals surface area contributed by atoms with Crippen molar-refractivity contribution in [1.82, 2.24) is 4.90 Å². The average molecular weight is 383 g/mol. The van der Waals surface area contributed by atoms with Crippen molar-refractivity contribution in [2.45, 2.75) is 38.6 Å². The minimum Gasteiger partial charge on any atom is -0.492 e. The Kier molecular flexibility index (Phi) is 7.31. The lowest BCUT2D eigenvalue weighted by Crippen LogP contribution is -2.44. The van der Waals surface area contributed by atoms with E-state index in [-0.39, 0.29) is 6.42 Å². The number of rotatable bonds is 9. The molecule has 2 unspecified atom stereocenters. The Hall–Kier alpha value is -2.53. The number of carboxylic acids is 1. The van der Waals surface area contributed by atoms with Crippen LogP contribution in [0.15, 0.2) is 54.6 Å². The summed E-state index contributed by atoms with van der Waals surface area (Å²) >= 11 is 0. The zero-order valence-corrected chi connectivity index (χ0v) is 16.4. The Balaban J connectivity index is 1.43. The second-order valence-electron chi connectivity index (χ2n) is 7.32. The van der Waals surface area contributed by atoms with Gasteiger partial charge in [0.25, 0.3) is 0 Å². The maximum atomic E-state index is 11.0. The summed E-state index contributed by atoms with van der Waals surface area (Å²) in [5.74, 6) is 2.04. The number of aliphatic carboxylic acids is 1. The number of carbonyl (C=O) groups is 1. The van der Waals surface area contributed by atoms with E-state index in [0.29, 0.717) is 18.6 Å². The maximum absolute atomic E-state index is 11.0. The van der Waals surface area contributed by atoms with Gasteiger partial charge in [-0.2, -0.15) is 0 Å². The number of carboxylic acid groups (broad SMARTS) is 1. The average Bonchev–Trinajstić information content (AvgIpc) is 2.70. The topological polar surface area (TPSA) is 59.0 Å². The van der Waals surface area contributed by atoms with Gasteiger partial charge in [0.1, 0.15) is 23.9 Å². The molecular weight excluding hydrogens is 354 g/mol. The van der Waals surface area contributed by atoms with Crippen LogP contribution in [-0.2, 0) is 4.79 Å². The van der Waals surface area contributed by atoms with Gasteiger partial charge in [0.05, 0.1) is 0 Å². The van der Waals surface area contributed by atoms with Crippen LogP contribution >= 0.6 is 0 Å². The third-order valence-electron chi connectivity index (χ3n) is 5.33. The molecule has 0 aromatic heterocycles. The van der Waals surface area contributed by atoms with Crippen LogP contribution in [0.5, 0.6) is 17.2 Å². The van der Waals surface area contributed by atoms with Crippen molar-refractivity contribution in [2.75, 3.05) is 19.7 Å². The number of hydrogen-bond donors (Lipinski definition) is 1. The van der Waals surface area contributed by atoms with E-state index in [1.54, 1.807) is 0 Å². The van der Waals surface area contributed by atoms with Crippen molar-refractivity contribution < 1.29 is 19.4 Å².